The summed E-state index contributed by atoms with van der Waals surface area (Å²) in [6.07, 6.45) is -5.43. The molecule has 1 aromatic heterocycles. The maximum absolute atomic E-state index is 16.3. The lowest BCUT2D eigenvalue weighted by atomic mass is 9.47. The summed E-state index contributed by atoms with van der Waals surface area (Å²) >= 11 is 0. The maximum Gasteiger partial charge on any atom is 0.490 e. The lowest BCUT2D eigenvalue weighted by Crippen LogP contribution is -2.81. The summed E-state index contributed by atoms with van der Waals surface area (Å²) in [5.74, 6) is -7.26. The second kappa shape index (κ2) is 22.9. The van der Waals surface area contributed by atoms with E-state index in [9.17, 15) is 51.2 Å². The summed E-state index contributed by atoms with van der Waals surface area (Å²) < 4.78 is 140. The highest BCUT2D eigenvalue weighted by Gasteiger charge is 2.80. The Morgan fingerprint density at radius 1 is 0.864 bits per heavy atom. The van der Waals surface area contributed by atoms with Crippen molar-refractivity contribution >= 4 is 66.3 Å². The monoisotopic (exact) mass is 1260 g/mol. The van der Waals surface area contributed by atoms with Crippen LogP contribution in [0, 0.1) is 28.4 Å². The molecule has 27 heteroatoms. The Hall–Kier alpha value is -7.43. The van der Waals surface area contributed by atoms with Gasteiger partial charge in [0, 0.05) is 90.0 Å². The van der Waals surface area contributed by atoms with Crippen LogP contribution < -0.4 is 9.64 Å². The number of esters is 4. The molecule has 9 atom stereocenters. The van der Waals surface area contributed by atoms with Gasteiger partial charge in [0.05, 0.1) is 55.2 Å². The number of nitrogens with one attached hydrogen (secondary N) is 1. The molecule has 1 spiro atoms. The lowest BCUT2D eigenvalue weighted by molar-refractivity contribution is -0.384. The topological polar surface area (TPSA) is 281 Å². The fraction of sp³-hybridized carbons (Fsp3) is 0.475. The number of alkyl halides is 3. The number of hydrogen-bond acceptors (Lipinski definition) is 19. The van der Waals surface area contributed by atoms with Crippen molar-refractivity contribution in [1.29, 1.82) is 0 Å². The molecule has 0 bridgehead atoms. The van der Waals surface area contributed by atoms with Crippen LogP contribution >= 0.6 is 0 Å². The number of aliphatic hydroxyl groups is 1. The molecule has 0 unspecified atom stereocenters. The number of methoxy groups -OCH3 is 3. The predicted molar refractivity (Wildman–Crippen MR) is 310 cm³/mol. The number of H-pyrrole nitrogens is 1. The van der Waals surface area contributed by atoms with Gasteiger partial charge in [-0.1, -0.05) is 61.9 Å². The third-order valence-electron chi connectivity index (χ3n) is 18.9. The van der Waals surface area contributed by atoms with Gasteiger partial charge >= 0.3 is 30.1 Å². The number of benzene rings is 4. The van der Waals surface area contributed by atoms with Crippen molar-refractivity contribution in [3.63, 3.8) is 0 Å². The van der Waals surface area contributed by atoms with E-state index in [1.54, 1.807) is 55.3 Å². The molecule has 5 heterocycles. The smallest absolute Gasteiger partial charge is 0.490 e. The number of carbonyl (C=O) groups is 4. The number of sulfonamides is 1. The number of fused-ring (bicyclic) bond motifs is 4. The van der Waals surface area contributed by atoms with E-state index in [4.69, 9.17) is 27.9 Å². The highest BCUT2D eigenvalue weighted by Crippen LogP contribution is 2.68. The first-order valence-corrected chi connectivity index (χ1v) is 31.4. The zero-order valence-corrected chi connectivity index (χ0v) is 51.2. The molecule has 4 aromatic carbocycles. The number of carbonyl (C=O) groups excluding carboxylic acids is 4. The van der Waals surface area contributed by atoms with Gasteiger partial charge in [-0.3, -0.25) is 28.8 Å². The van der Waals surface area contributed by atoms with E-state index in [-0.39, 0.29) is 46.7 Å². The van der Waals surface area contributed by atoms with E-state index in [2.05, 4.69) is 9.88 Å². The minimum Gasteiger partial charge on any atom is -0.496 e. The number of para-hydroxylation sites is 1. The largest absolute Gasteiger partial charge is 0.496 e. The van der Waals surface area contributed by atoms with Gasteiger partial charge < -0.3 is 38.7 Å². The zero-order chi connectivity index (χ0) is 63.9. The Kier molecular flexibility index (Phi) is 16.5. The number of aromatic nitrogens is 1. The van der Waals surface area contributed by atoms with Gasteiger partial charge in [-0.2, -0.15) is 25.9 Å². The number of nitrogens with zero attached hydrogens (tertiary/aromatic N) is 4. The van der Waals surface area contributed by atoms with Crippen molar-refractivity contribution < 1.29 is 87.1 Å². The van der Waals surface area contributed by atoms with Crippen molar-refractivity contribution in [3.8, 4) is 5.75 Å². The van der Waals surface area contributed by atoms with Crippen LogP contribution in [0.15, 0.2) is 107 Å². The molecule has 2 N–H and O–H groups in total. The summed E-state index contributed by atoms with van der Waals surface area (Å²) in [5, 5.41) is 25.8. The van der Waals surface area contributed by atoms with Gasteiger partial charge in [0.1, 0.15) is 16.8 Å². The van der Waals surface area contributed by atoms with E-state index >= 15 is 13.2 Å². The SMILES string of the molecule is CC[C@]1(OC(=O)C(F)(F)F)C[C@H](COS(=O)(=O)c2ccc(C)cc2)C[C@](C(=O)OC)(c2cc3c(cc2OC)N(C)[C@H]2[C@@](O)(C(=O)OC)[C@H](OC(C)=O)[C@]4(CC)C=CCN5CC[C@]32[C@@H]54)c2[nH]c3ccccc3c2CCN(S(=O)(=O)c2ccc([N+](=O)[O-])cc2)C1. The molecule has 22 nitrogen and oxygen atoms in total. The van der Waals surface area contributed by atoms with Crippen molar-refractivity contribution in [3.05, 3.63) is 135 Å². The fourth-order valence-corrected chi connectivity index (χ4v) is 17.8. The number of ether oxygens (including phenoxy) is 5. The van der Waals surface area contributed by atoms with Crippen LogP contribution in [0.4, 0.5) is 24.5 Å². The molecule has 4 aliphatic heterocycles. The Labute approximate surface area is 506 Å². The fourth-order valence-electron chi connectivity index (χ4n) is 15.3. The van der Waals surface area contributed by atoms with Crippen LogP contribution in [-0.2, 0) is 79.7 Å². The number of hydrogen-bond donors (Lipinski definition) is 2. The number of likely N-dealkylation sites (N-methyl/N-ethyl adjacent to an activating group) is 1. The molecule has 5 aromatic rings. The first kappa shape index (κ1) is 63.6. The number of aryl methyl sites for hydroxylation is 1. The Morgan fingerprint density at radius 2 is 1.53 bits per heavy atom. The standard InChI is InChI=1S/C61H68F3N5O17S2/c1-9-56(86-55(73)61(62,63)64)32-38(34-84-88(79,80)41-20-16-36(3)17-21-41)33-59(53(71)82-7,49-43(42-14-11-12-15-46(42)65-49)24-28-68(35-56)87(77,78)40-22-18-39(19-23-40)69(75)76)45-30-44-47(31-48(45)81-6)66(5)51-58(44)26-29-67-27-13-25-57(10-2,50(58)67)52(85-37(4)70)60(51,74)54(72)83-8/h11-23,25,30-31,38,50-52,65,74H,9-10,24,26-29,32-35H2,1-8H3/t38-,50-,51+,52+,56-,57+,58+,59-,60-/m0/s1. The third kappa shape index (κ3) is 9.99. The minimum absolute atomic E-state index is 0.0165. The number of aromatic amines is 1. The second-order valence-electron chi connectivity index (χ2n) is 23.5. The normalized spacial score (nSPS) is 28.1. The summed E-state index contributed by atoms with van der Waals surface area (Å²) in [4.78, 5) is 75.3. The number of non-ortho nitro benzene ring substituents is 1. The molecule has 1 saturated carbocycles. The van der Waals surface area contributed by atoms with Crippen LogP contribution in [-0.4, -0.2) is 162 Å². The van der Waals surface area contributed by atoms with Gasteiger partial charge in [0.2, 0.25) is 15.6 Å². The van der Waals surface area contributed by atoms with E-state index in [1.165, 1.54) is 45.2 Å². The number of anilines is 1. The van der Waals surface area contributed by atoms with Crippen LogP contribution in [0.2, 0.25) is 0 Å². The Bertz CT molecular complexity index is 3880. The first-order chi connectivity index (χ1) is 41.5. The number of halogens is 3. The molecule has 2 fully saturated rings. The number of nitro groups is 1. The van der Waals surface area contributed by atoms with Crippen molar-refractivity contribution in [2.45, 2.75) is 122 Å². The maximum atomic E-state index is 16.3. The highest BCUT2D eigenvalue weighted by molar-refractivity contribution is 7.89. The molecule has 0 radical (unpaired) electrons. The minimum atomic E-state index is -5.68. The molecule has 88 heavy (non-hydrogen) atoms. The van der Waals surface area contributed by atoms with Gasteiger partial charge in [-0.15, -0.1) is 0 Å². The zero-order valence-electron chi connectivity index (χ0n) is 49.5. The van der Waals surface area contributed by atoms with Gasteiger partial charge in [-0.25, -0.2) is 18.0 Å². The van der Waals surface area contributed by atoms with E-state index in [0.717, 1.165) is 42.8 Å². The van der Waals surface area contributed by atoms with E-state index in [0.29, 0.717) is 40.8 Å². The van der Waals surface area contributed by atoms with Gasteiger partial charge in [0.25, 0.3) is 15.8 Å². The first-order valence-electron chi connectivity index (χ1n) is 28.5. The lowest BCUT2D eigenvalue weighted by Gasteiger charge is -2.63. The Morgan fingerprint density at radius 3 is 2.15 bits per heavy atom. The van der Waals surface area contributed by atoms with Crippen LogP contribution in [0.1, 0.15) is 80.8 Å². The molecular formula is C61H68F3N5O17S2. The average molecular weight is 1260 g/mol. The second-order valence-corrected chi connectivity index (χ2v) is 27.0. The third-order valence-corrected chi connectivity index (χ3v) is 22.1. The summed E-state index contributed by atoms with van der Waals surface area (Å²) in [5.41, 5.74) is -8.38. The summed E-state index contributed by atoms with van der Waals surface area (Å²) in [6, 6.07) is 17.5. The molecule has 1 saturated heterocycles. The molecule has 5 aliphatic rings. The summed E-state index contributed by atoms with van der Waals surface area (Å²) in [7, 11) is -4.59. The van der Waals surface area contributed by atoms with E-state index < -0.39 is 156 Å². The molecule has 472 valence electrons. The van der Waals surface area contributed by atoms with Gasteiger partial charge in [0.15, 0.2) is 6.10 Å². The Balaban J connectivity index is 1.30. The molecular weight excluding hydrogens is 1200 g/mol. The molecule has 0 amide bonds. The number of rotatable bonds is 15. The van der Waals surface area contributed by atoms with Crippen molar-refractivity contribution in [2.75, 3.05) is 66.1 Å². The number of nitro benzene ring substituents is 1. The highest BCUT2D eigenvalue weighted by atomic mass is 32.2. The molecule has 1 aliphatic carbocycles. The van der Waals surface area contributed by atoms with Crippen LogP contribution in [0.3, 0.4) is 0 Å². The predicted octanol–water partition coefficient (Wildman–Crippen LogP) is 7.10. The van der Waals surface area contributed by atoms with Gasteiger partial charge in [-0.05, 0) is 105 Å². The quantitative estimate of drug-likeness (QED) is 0.0264. The van der Waals surface area contributed by atoms with Crippen molar-refractivity contribution in [1.82, 2.24) is 14.2 Å². The van der Waals surface area contributed by atoms with Crippen LogP contribution in [0.5, 0.6) is 5.75 Å². The van der Waals surface area contributed by atoms with Crippen molar-refractivity contribution in [2.24, 2.45) is 11.3 Å². The average Bonchev–Trinajstić information content (AvgIpc) is 1.46. The summed E-state index contributed by atoms with van der Waals surface area (Å²) in [6.45, 7) is 4.27. The van der Waals surface area contributed by atoms with E-state index in [1.807, 2.05) is 19.1 Å². The molecule has 10 rings (SSSR count). The van der Waals surface area contributed by atoms with Crippen LogP contribution in [0.25, 0.3) is 10.9 Å².